The molecule has 1 saturated heterocycles. The van der Waals surface area contributed by atoms with E-state index in [4.69, 9.17) is 28.8 Å². The van der Waals surface area contributed by atoms with Gasteiger partial charge in [0, 0.05) is 6.61 Å². The van der Waals surface area contributed by atoms with Crippen molar-refractivity contribution >= 4 is 0 Å². The van der Waals surface area contributed by atoms with Crippen LogP contribution in [0.1, 0.15) is 40.5 Å². The number of aliphatic hydroxyl groups is 1. The van der Waals surface area contributed by atoms with Gasteiger partial charge in [-0.05, 0) is 40.5 Å². The topological polar surface area (TPSA) is 66.4 Å². The van der Waals surface area contributed by atoms with Crippen LogP contribution in [0.4, 0.5) is 0 Å². The molecule has 1 N–H and O–H groups in total. The molecule has 1 aliphatic rings. The van der Waals surface area contributed by atoms with Crippen LogP contribution in [0.15, 0.2) is 0 Å². The van der Waals surface area contributed by atoms with Crippen molar-refractivity contribution in [2.24, 2.45) is 0 Å². The Kier molecular flexibility index (Phi) is 11.0. The Morgan fingerprint density at radius 1 is 0.913 bits per heavy atom. The van der Waals surface area contributed by atoms with Crippen molar-refractivity contribution in [3.05, 3.63) is 0 Å². The molecule has 0 spiro atoms. The molecule has 0 radical (unpaired) electrons. The average molecular weight is 334 g/mol. The van der Waals surface area contributed by atoms with Gasteiger partial charge in [-0.1, -0.05) is 0 Å². The fraction of sp³-hybridized carbons (Fsp3) is 1.00. The fourth-order valence-electron chi connectivity index (χ4n) is 2.19. The molecule has 1 heterocycles. The van der Waals surface area contributed by atoms with Crippen LogP contribution in [0.5, 0.6) is 0 Å². The lowest BCUT2D eigenvalue weighted by atomic mass is 10.2. The zero-order chi connectivity index (χ0) is 17.1. The number of ether oxygens (including phenoxy) is 5. The van der Waals surface area contributed by atoms with E-state index in [1.807, 2.05) is 20.8 Å². The van der Waals surface area contributed by atoms with E-state index in [1.54, 1.807) is 6.92 Å². The second kappa shape index (κ2) is 12.2. The van der Waals surface area contributed by atoms with Crippen molar-refractivity contribution in [2.45, 2.75) is 71.1 Å². The molecule has 23 heavy (non-hydrogen) atoms. The highest BCUT2D eigenvalue weighted by Crippen LogP contribution is 2.12. The standard InChI is InChI=1S/C17H34O6/c1-13(18)8-21-15(3)10-23-16(4)11-22-14(2)9-19-12-17-6-5-7-20-17/h13-18H,5-12H2,1-4H3. The van der Waals surface area contributed by atoms with E-state index >= 15 is 0 Å². The Hall–Kier alpha value is -0.240. The average Bonchev–Trinajstić information content (AvgIpc) is 3.02. The van der Waals surface area contributed by atoms with E-state index < -0.39 is 6.10 Å². The van der Waals surface area contributed by atoms with Gasteiger partial charge < -0.3 is 28.8 Å². The number of rotatable bonds is 13. The van der Waals surface area contributed by atoms with Crippen molar-refractivity contribution in [1.29, 1.82) is 0 Å². The van der Waals surface area contributed by atoms with E-state index in [1.165, 1.54) is 0 Å². The van der Waals surface area contributed by atoms with Gasteiger partial charge in [-0.15, -0.1) is 0 Å². The SMILES string of the molecule is CC(O)COC(C)COC(C)COC(C)COCC1CCCO1. The summed E-state index contributed by atoms with van der Waals surface area (Å²) >= 11 is 0. The minimum atomic E-state index is -0.450. The molecule has 5 unspecified atom stereocenters. The highest BCUT2D eigenvalue weighted by atomic mass is 16.6. The Balaban J connectivity index is 1.97. The summed E-state index contributed by atoms with van der Waals surface area (Å²) in [6.07, 6.45) is 2.02. The highest BCUT2D eigenvalue weighted by molar-refractivity contribution is 4.64. The first-order valence-corrected chi connectivity index (χ1v) is 8.69. The minimum absolute atomic E-state index is 0.00628. The molecule has 0 aliphatic carbocycles. The molecule has 0 aromatic heterocycles. The number of hydrogen-bond acceptors (Lipinski definition) is 6. The fourth-order valence-corrected chi connectivity index (χ4v) is 2.19. The van der Waals surface area contributed by atoms with Crippen LogP contribution < -0.4 is 0 Å². The normalized spacial score (nSPS) is 23.6. The van der Waals surface area contributed by atoms with E-state index in [0.717, 1.165) is 19.4 Å². The van der Waals surface area contributed by atoms with Crippen LogP contribution in [-0.2, 0) is 23.7 Å². The molecule has 1 aliphatic heterocycles. The molecule has 0 aromatic carbocycles. The van der Waals surface area contributed by atoms with Crippen molar-refractivity contribution in [3.8, 4) is 0 Å². The Morgan fingerprint density at radius 2 is 1.48 bits per heavy atom. The molecular formula is C17H34O6. The summed E-state index contributed by atoms with van der Waals surface area (Å²) in [6, 6.07) is 0. The quantitative estimate of drug-likeness (QED) is 0.554. The largest absolute Gasteiger partial charge is 0.391 e. The van der Waals surface area contributed by atoms with Crippen molar-refractivity contribution < 1.29 is 28.8 Å². The third-order valence-corrected chi connectivity index (χ3v) is 3.53. The second-order valence-corrected chi connectivity index (χ2v) is 6.45. The maximum Gasteiger partial charge on any atom is 0.0809 e. The van der Waals surface area contributed by atoms with Gasteiger partial charge in [0.05, 0.1) is 63.6 Å². The molecule has 0 amide bonds. The molecule has 1 rings (SSSR count). The summed E-state index contributed by atoms with van der Waals surface area (Å²) < 4.78 is 28.0. The lowest BCUT2D eigenvalue weighted by molar-refractivity contribution is -0.0904. The number of aliphatic hydroxyl groups excluding tert-OH is 1. The van der Waals surface area contributed by atoms with Gasteiger partial charge in [0.1, 0.15) is 0 Å². The molecule has 5 atom stereocenters. The molecule has 1 fully saturated rings. The first-order valence-electron chi connectivity index (χ1n) is 8.69. The molecule has 0 bridgehead atoms. The van der Waals surface area contributed by atoms with Crippen LogP contribution in [0, 0.1) is 0 Å². The molecule has 138 valence electrons. The second-order valence-electron chi connectivity index (χ2n) is 6.45. The van der Waals surface area contributed by atoms with E-state index in [2.05, 4.69) is 0 Å². The summed E-state index contributed by atoms with van der Waals surface area (Å²) in [6.45, 7) is 11.0. The van der Waals surface area contributed by atoms with Crippen molar-refractivity contribution in [2.75, 3.05) is 39.6 Å². The first-order chi connectivity index (χ1) is 11.0. The summed E-state index contributed by atoms with van der Waals surface area (Å²) in [5.41, 5.74) is 0. The molecule has 0 saturated carbocycles. The van der Waals surface area contributed by atoms with Crippen LogP contribution in [0.2, 0.25) is 0 Å². The monoisotopic (exact) mass is 334 g/mol. The lowest BCUT2D eigenvalue weighted by Gasteiger charge is -2.20. The Morgan fingerprint density at radius 3 is 2.00 bits per heavy atom. The highest BCUT2D eigenvalue weighted by Gasteiger charge is 2.16. The third kappa shape index (κ3) is 11.0. The van der Waals surface area contributed by atoms with Crippen LogP contribution in [-0.4, -0.2) is 75.3 Å². The predicted octanol–water partition coefficient (Wildman–Crippen LogP) is 1.78. The minimum Gasteiger partial charge on any atom is -0.391 e. The zero-order valence-corrected chi connectivity index (χ0v) is 15.0. The summed E-state index contributed by atoms with van der Waals surface area (Å²) in [5, 5.41) is 9.16. The van der Waals surface area contributed by atoms with Crippen LogP contribution in [0.3, 0.4) is 0 Å². The maximum absolute atomic E-state index is 9.16. The smallest absolute Gasteiger partial charge is 0.0809 e. The molecule has 0 aromatic rings. The van der Waals surface area contributed by atoms with Gasteiger partial charge in [-0.3, -0.25) is 0 Å². The van der Waals surface area contributed by atoms with Gasteiger partial charge in [-0.2, -0.15) is 0 Å². The Labute approximate surface area is 140 Å². The maximum atomic E-state index is 9.16. The third-order valence-electron chi connectivity index (χ3n) is 3.53. The van der Waals surface area contributed by atoms with E-state index in [9.17, 15) is 0 Å². The van der Waals surface area contributed by atoms with Gasteiger partial charge in [0.25, 0.3) is 0 Å². The summed E-state index contributed by atoms with van der Waals surface area (Å²) in [7, 11) is 0. The molecular weight excluding hydrogens is 300 g/mol. The lowest BCUT2D eigenvalue weighted by Crippen LogP contribution is -2.28. The van der Waals surface area contributed by atoms with Gasteiger partial charge in [0.15, 0.2) is 0 Å². The number of hydrogen-bond donors (Lipinski definition) is 1. The zero-order valence-electron chi connectivity index (χ0n) is 15.0. The predicted molar refractivity (Wildman–Crippen MR) is 87.7 cm³/mol. The molecule has 6 nitrogen and oxygen atoms in total. The van der Waals surface area contributed by atoms with Gasteiger partial charge >= 0.3 is 0 Å². The van der Waals surface area contributed by atoms with E-state index in [0.29, 0.717) is 33.0 Å². The van der Waals surface area contributed by atoms with Gasteiger partial charge in [-0.25, -0.2) is 0 Å². The van der Waals surface area contributed by atoms with Crippen molar-refractivity contribution in [1.82, 2.24) is 0 Å². The van der Waals surface area contributed by atoms with E-state index in [-0.39, 0.29) is 24.4 Å². The van der Waals surface area contributed by atoms with Crippen LogP contribution >= 0.6 is 0 Å². The van der Waals surface area contributed by atoms with Crippen LogP contribution in [0.25, 0.3) is 0 Å². The van der Waals surface area contributed by atoms with Gasteiger partial charge in [0.2, 0.25) is 0 Å². The summed E-state index contributed by atoms with van der Waals surface area (Å²) in [5.74, 6) is 0. The molecule has 6 heteroatoms. The van der Waals surface area contributed by atoms with Crippen molar-refractivity contribution in [3.63, 3.8) is 0 Å². The first kappa shape index (κ1) is 20.8. The summed E-state index contributed by atoms with van der Waals surface area (Å²) in [4.78, 5) is 0. The Bertz CT molecular complexity index is 280.